The molecule has 5 nitrogen and oxygen atoms in total. The van der Waals surface area contributed by atoms with Crippen molar-refractivity contribution < 1.29 is 4.42 Å². The minimum atomic E-state index is 0.747. The lowest BCUT2D eigenvalue weighted by Gasteiger charge is -2.33. The van der Waals surface area contributed by atoms with Gasteiger partial charge in [-0.3, -0.25) is 4.90 Å². The Morgan fingerprint density at radius 1 is 1.07 bits per heavy atom. The van der Waals surface area contributed by atoms with Crippen LogP contribution in [0, 0.1) is 19.8 Å². The lowest BCUT2D eigenvalue weighted by Crippen LogP contribution is -2.37. The smallest absolute Gasteiger partial charge is 0.159 e. The molecule has 0 unspecified atom stereocenters. The van der Waals surface area contributed by atoms with Crippen molar-refractivity contribution in [2.24, 2.45) is 5.92 Å². The zero-order chi connectivity index (χ0) is 20.9. The Bertz CT molecular complexity index is 942. The fourth-order valence-corrected chi connectivity index (χ4v) is 4.30. The number of furan rings is 1. The second kappa shape index (κ2) is 9.54. The van der Waals surface area contributed by atoms with Gasteiger partial charge in [0.1, 0.15) is 11.5 Å². The zero-order valence-electron chi connectivity index (χ0n) is 18.3. The van der Waals surface area contributed by atoms with Crippen LogP contribution in [0.1, 0.15) is 35.5 Å². The number of rotatable bonds is 7. The number of hydrogen-bond acceptors (Lipinski definition) is 5. The molecular formula is C25H32N4O. The van der Waals surface area contributed by atoms with Crippen LogP contribution in [0.15, 0.2) is 53.2 Å². The van der Waals surface area contributed by atoms with E-state index in [2.05, 4.69) is 64.1 Å². The molecule has 0 spiro atoms. The van der Waals surface area contributed by atoms with E-state index in [0.29, 0.717) is 0 Å². The minimum absolute atomic E-state index is 0.747. The van der Waals surface area contributed by atoms with Crippen LogP contribution in [0.2, 0.25) is 0 Å². The Kier molecular flexibility index (Phi) is 6.60. The summed E-state index contributed by atoms with van der Waals surface area (Å²) in [4.78, 5) is 14.1. The van der Waals surface area contributed by atoms with E-state index >= 15 is 0 Å². The van der Waals surface area contributed by atoms with E-state index in [1.165, 1.54) is 24.0 Å². The predicted molar refractivity (Wildman–Crippen MR) is 120 cm³/mol. The number of nitrogens with zero attached hydrogens (tertiary/aromatic N) is 4. The van der Waals surface area contributed by atoms with Gasteiger partial charge in [-0.25, -0.2) is 9.97 Å². The van der Waals surface area contributed by atoms with Crippen LogP contribution in [0.25, 0.3) is 11.4 Å². The van der Waals surface area contributed by atoms with E-state index in [-0.39, 0.29) is 0 Å². The molecule has 3 heterocycles. The zero-order valence-corrected chi connectivity index (χ0v) is 18.3. The molecule has 0 saturated carbocycles. The first-order valence-corrected chi connectivity index (χ1v) is 10.9. The van der Waals surface area contributed by atoms with Gasteiger partial charge in [-0.2, -0.15) is 0 Å². The number of hydrogen-bond donors (Lipinski definition) is 0. The van der Waals surface area contributed by atoms with Crippen molar-refractivity contribution in [1.82, 2.24) is 19.8 Å². The summed E-state index contributed by atoms with van der Waals surface area (Å²) in [5.41, 5.74) is 3.47. The molecule has 0 aliphatic carbocycles. The molecule has 0 amide bonds. The third-order valence-electron chi connectivity index (χ3n) is 5.89. The van der Waals surface area contributed by atoms with Crippen molar-refractivity contribution >= 4 is 0 Å². The van der Waals surface area contributed by atoms with Gasteiger partial charge >= 0.3 is 0 Å². The average molecular weight is 405 g/mol. The summed E-state index contributed by atoms with van der Waals surface area (Å²) in [6.07, 6.45) is 6.42. The van der Waals surface area contributed by atoms with Crippen molar-refractivity contribution in [3.63, 3.8) is 0 Å². The first-order valence-electron chi connectivity index (χ1n) is 10.9. The van der Waals surface area contributed by atoms with Gasteiger partial charge in [0.25, 0.3) is 0 Å². The minimum Gasteiger partial charge on any atom is -0.465 e. The first-order chi connectivity index (χ1) is 14.5. The topological polar surface area (TPSA) is 45.4 Å². The number of piperidine rings is 1. The predicted octanol–water partition coefficient (Wildman–Crippen LogP) is 4.70. The summed E-state index contributed by atoms with van der Waals surface area (Å²) in [5, 5.41) is 0. The summed E-state index contributed by atoms with van der Waals surface area (Å²) in [5.74, 6) is 3.62. The maximum absolute atomic E-state index is 5.72. The maximum atomic E-state index is 5.72. The molecule has 0 bridgehead atoms. The highest BCUT2D eigenvalue weighted by Crippen LogP contribution is 2.21. The maximum Gasteiger partial charge on any atom is 0.159 e. The largest absolute Gasteiger partial charge is 0.465 e. The third-order valence-corrected chi connectivity index (χ3v) is 5.89. The Hall–Kier alpha value is -2.50. The van der Waals surface area contributed by atoms with Crippen molar-refractivity contribution in [2.45, 2.75) is 39.8 Å². The van der Waals surface area contributed by atoms with Crippen LogP contribution in [-0.4, -0.2) is 46.4 Å². The SMILES string of the molecule is Cc1cccc(-c2ncc(CN(C)CC3CCN(Cc4ccc(C)o4)CC3)cn2)c1. The second-order valence-corrected chi connectivity index (χ2v) is 8.71. The lowest BCUT2D eigenvalue weighted by atomic mass is 9.96. The van der Waals surface area contributed by atoms with Gasteiger partial charge in [0.05, 0.1) is 6.54 Å². The van der Waals surface area contributed by atoms with Gasteiger partial charge < -0.3 is 9.32 Å². The van der Waals surface area contributed by atoms with Crippen LogP contribution >= 0.6 is 0 Å². The van der Waals surface area contributed by atoms with E-state index in [0.717, 1.165) is 61.6 Å². The molecule has 1 aliphatic rings. The molecule has 30 heavy (non-hydrogen) atoms. The Morgan fingerprint density at radius 2 is 1.83 bits per heavy atom. The quantitative estimate of drug-likeness (QED) is 0.571. The second-order valence-electron chi connectivity index (χ2n) is 8.71. The first kappa shape index (κ1) is 20.8. The normalized spacial score (nSPS) is 15.7. The average Bonchev–Trinajstić information content (AvgIpc) is 3.14. The molecule has 3 aromatic rings. The van der Waals surface area contributed by atoms with Gasteiger partial charge in [0.2, 0.25) is 0 Å². The van der Waals surface area contributed by atoms with Crippen LogP contribution in [0.5, 0.6) is 0 Å². The van der Waals surface area contributed by atoms with Crippen molar-refractivity contribution in [2.75, 3.05) is 26.7 Å². The van der Waals surface area contributed by atoms with E-state index < -0.39 is 0 Å². The van der Waals surface area contributed by atoms with Gasteiger partial charge in [-0.1, -0.05) is 23.8 Å². The van der Waals surface area contributed by atoms with Crippen LogP contribution in [0.4, 0.5) is 0 Å². The molecule has 1 saturated heterocycles. The molecule has 2 aromatic heterocycles. The number of likely N-dealkylation sites (tertiary alicyclic amines) is 1. The van der Waals surface area contributed by atoms with Gasteiger partial charge in [-0.05, 0) is 70.9 Å². The van der Waals surface area contributed by atoms with Gasteiger partial charge in [0, 0.05) is 36.6 Å². The number of aromatic nitrogens is 2. The van der Waals surface area contributed by atoms with E-state index in [9.17, 15) is 0 Å². The van der Waals surface area contributed by atoms with Crippen LogP contribution < -0.4 is 0 Å². The molecular weight excluding hydrogens is 372 g/mol. The fourth-order valence-electron chi connectivity index (χ4n) is 4.30. The third kappa shape index (κ3) is 5.55. The van der Waals surface area contributed by atoms with Gasteiger partial charge in [-0.15, -0.1) is 0 Å². The van der Waals surface area contributed by atoms with Crippen molar-refractivity contribution in [1.29, 1.82) is 0 Å². The molecule has 5 heteroatoms. The standard InChI is InChI=1S/C25H32N4O/c1-19-5-4-6-23(13-19)25-26-14-22(15-27-25)17-28(3)16-21-9-11-29(12-10-21)18-24-8-7-20(2)30-24/h4-8,13-15,21H,9-12,16-18H2,1-3H3. The molecule has 0 N–H and O–H groups in total. The van der Waals surface area contributed by atoms with E-state index in [1.807, 2.05) is 25.4 Å². The van der Waals surface area contributed by atoms with Crippen LogP contribution in [0.3, 0.4) is 0 Å². The Balaban J connectivity index is 1.23. The summed E-state index contributed by atoms with van der Waals surface area (Å²) in [6.45, 7) is 9.33. The molecule has 4 rings (SSSR count). The molecule has 0 radical (unpaired) electrons. The molecule has 1 aromatic carbocycles. The molecule has 0 atom stereocenters. The van der Waals surface area contributed by atoms with Crippen molar-refractivity contribution in [3.8, 4) is 11.4 Å². The monoisotopic (exact) mass is 404 g/mol. The van der Waals surface area contributed by atoms with Crippen LogP contribution in [-0.2, 0) is 13.1 Å². The van der Waals surface area contributed by atoms with Crippen molar-refractivity contribution in [3.05, 3.63) is 71.4 Å². The van der Waals surface area contributed by atoms with E-state index in [1.54, 1.807) is 0 Å². The van der Waals surface area contributed by atoms with E-state index in [4.69, 9.17) is 4.42 Å². The number of benzene rings is 1. The molecule has 158 valence electrons. The highest BCUT2D eigenvalue weighted by molar-refractivity contribution is 5.55. The molecule has 1 fully saturated rings. The lowest BCUT2D eigenvalue weighted by molar-refractivity contribution is 0.140. The molecule has 1 aliphatic heterocycles. The summed E-state index contributed by atoms with van der Waals surface area (Å²) in [6, 6.07) is 12.5. The summed E-state index contributed by atoms with van der Waals surface area (Å²) >= 11 is 0. The highest BCUT2D eigenvalue weighted by atomic mass is 16.3. The summed E-state index contributed by atoms with van der Waals surface area (Å²) in [7, 11) is 2.20. The number of aryl methyl sites for hydroxylation is 2. The fraction of sp³-hybridized carbons (Fsp3) is 0.440. The highest BCUT2D eigenvalue weighted by Gasteiger charge is 2.21. The summed E-state index contributed by atoms with van der Waals surface area (Å²) < 4.78 is 5.72. The van der Waals surface area contributed by atoms with Gasteiger partial charge in [0.15, 0.2) is 5.82 Å². The Morgan fingerprint density at radius 3 is 2.50 bits per heavy atom. The Labute approximate surface area is 179 Å².